The molecule has 4 nitrogen and oxygen atoms in total. The summed E-state index contributed by atoms with van der Waals surface area (Å²) in [7, 11) is 0. The van der Waals surface area contributed by atoms with Gasteiger partial charge in [-0.3, -0.25) is 0 Å². The lowest BCUT2D eigenvalue weighted by Gasteiger charge is -2.14. The van der Waals surface area contributed by atoms with Gasteiger partial charge in [0, 0.05) is 21.2 Å². The first-order chi connectivity index (χ1) is 13.9. The standard InChI is InChI=1S/C23H14Cl2N2O2/c1-13(2)19-21(22(29-23(19)28)16(11-26)12-27)20(14-3-7-17(24)8-4-14)15-5-9-18(25)10-6-15/h3-10H,1-2H3. The van der Waals surface area contributed by atoms with E-state index < -0.39 is 5.97 Å². The minimum Gasteiger partial charge on any atom is -0.420 e. The summed E-state index contributed by atoms with van der Waals surface area (Å²) >= 11 is 12.1. The van der Waals surface area contributed by atoms with Crippen LogP contribution in [0.1, 0.15) is 25.0 Å². The van der Waals surface area contributed by atoms with Crippen LogP contribution in [0.15, 0.2) is 76.6 Å². The van der Waals surface area contributed by atoms with Crippen LogP contribution in [0.5, 0.6) is 0 Å². The Balaban J connectivity index is 2.51. The van der Waals surface area contributed by atoms with Crippen molar-refractivity contribution < 1.29 is 9.53 Å². The number of cyclic esters (lactones) is 1. The predicted octanol–water partition coefficient (Wildman–Crippen LogP) is 5.99. The number of halogens is 2. The van der Waals surface area contributed by atoms with Crippen molar-refractivity contribution in [3.05, 3.63) is 97.8 Å². The molecule has 6 heteroatoms. The third-order valence-electron chi connectivity index (χ3n) is 4.34. The van der Waals surface area contributed by atoms with E-state index in [0.29, 0.717) is 32.3 Å². The largest absolute Gasteiger partial charge is 0.420 e. The van der Waals surface area contributed by atoms with Crippen molar-refractivity contribution in [1.82, 2.24) is 0 Å². The van der Waals surface area contributed by atoms with Gasteiger partial charge in [-0.05, 0) is 49.2 Å². The topological polar surface area (TPSA) is 73.9 Å². The molecule has 2 aromatic carbocycles. The first kappa shape index (κ1) is 20.4. The summed E-state index contributed by atoms with van der Waals surface area (Å²) in [6, 6.07) is 17.8. The van der Waals surface area contributed by atoms with Crippen LogP contribution in [-0.4, -0.2) is 5.97 Å². The predicted molar refractivity (Wildman–Crippen MR) is 112 cm³/mol. The number of carbonyl (C=O) groups excluding carboxylic acids is 1. The molecule has 2 aromatic rings. The Morgan fingerprint density at radius 2 is 1.28 bits per heavy atom. The molecule has 0 radical (unpaired) electrons. The van der Waals surface area contributed by atoms with E-state index >= 15 is 0 Å². The van der Waals surface area contributed by atoms with Crippen molar-refractivity contribution >= 4 is 34.7 Å². The molecule has 29 heavy (non-hydrogen) atoms. The number of nitriles is 2. The molecule has 1 saturated heterocycles. The number of hydrogen-bond donors (Lipinski definition) is 0. The fourth-order valence-corrected chi connectivity index (χ4v) is 3.35. The molecular formula is C23H14Cl2N2O2. The third kappa shape index (κ3) is 3.96. The molecule has 1 heterocycles. The molecule has 1 fully saturated rings. The summed E-state index contributed by atoms with van der Waals surface area (Å²) < 4.78 is 5.39. The monoisotopic (exact) mass is 420 g/mol. The van der Waals surface area contributed by atoms with Crippen molar-refractivity contribution in [3.63, 3.8) is 0 Å². The molecule has 0 spiro atoms. The van der Waals surface area contributed by atoms with Gasteiger partial charge in [-0.2, -0.15) is 10.5 Å². The second-order valence-corrected chi connectivity index (χ2v) is 7.33. The quantitative estimate of drug-likeness (QED) is 0.339. The molecule has 0 aromatic heterocycles. The summed E-state index contributed by atoms with van der Waals surface area (Å²) in [6.45, 7) is 3.55. The molecule has 3 rings (SSSR count). The highest BCUT2D eigenvalue weighted by atomic mass is 35.5. The average molecular weight is 421 g/mol. The number of ether oxygens (including phenoxy) is 1. The van der Waals surface area contributed by atoms with Crippen molar-refractivity contribution in [1.29, 1.82) is 10.5 Å². The molecular weight excluding hydrogens is 407 g/mol. The van der Waals surface area contributed by atoms with Crippen molar-refractivity contribution in [3.8, 4) is 12.1 Å². The lowest BCUT2D eigenvalue weighted by molar-refractivity contribution is -0.132. The molecule has 0 unspecified atom stereocenters. The average Bonchev–Trinajstić information content (AvgIpc) is 3.03. The van der Waals surface area contributed by atoms with Gasteiger partial charge in [0.05, 0.1) is 5.57 Å². The molecule has 1 aliphatic heterocycles. The van der Waals surface area contributed by atoms with Crippen LogP contribution in [0.2, 0.25) is 10.0 Å². The number of hydrogen-bond acceptors (Lipinski definition) is 4. The molecule has 1 aliphatic rings. The van der Waals surface area contributed by atoms with Crippen molar-refractivity contribution in [2.24, 2.45) is 0 Å². The highest BCUT2D eigenvalue weighted by molar-refractivity contribution is 6.31. The highest BCUT2D eigenvalue weighted by Crippen LogP contribution is 2.42. The van der Waals surface area contributed by atoms with Gasteiger partial charge in [0.1, 0.15) is 12.1 Å². The molecule has 0 aliphatic carbocycles. The Morgan fingerprint density at radius 3 is 1.66 bits per heavy atom. The zero-order valence-electron chi connectivity index (χ0n) is 15.6. The Labute approximate surface area is 178 Å². The second kappa shape index (κ2) is 8.37. The molecule has 0 atom stereocenters. The van der Waals surface area contributed by atoms with Gasteiger partial charge >= 0.3 is 5.97 Å². The van der Waals surface area contributed by atoms with Crippen LogP contribution in [0.25, 0.3) is 5.57 Å². The van der Waals surface area contributed by atoms with E-state index in [1.54, 1.807) is 62.4 Å². The summed E-state index contributed by atoms with van der Waals surface area (Å²) in [5.74, 6) is -0.644. The molecule has 0 amide bonds. The van der Waals surface area contributed by atoms with Gasteiger partial charge in [-0.15, -0.1) is 0 Å². The van der Waals surface area contributed by atoms with Gasteiger partial charge in [0.2, 0.25) is 0 Å². The van der Waals surface area contributed by atoms with Crippen LogP contribution < -0.4 is 0 Å². The van der Waals surface area contributed by atoms with Crippen LogP contribution in [0, 0.1) is 22.7 Å². The lowest BCUT2D eigenvalue weighted by Crippen LogP contribution is -2.00. The first-order valence-electron chi connectivity index (χ1n) is 8.58. The second-order valence-electron chi connectivity index (χ2n) is 6.46. The fourth-order valence-electron chi connectivity index (χ4n) is 3.09. The SMILES string of the molecule is CC(C)=C1C(=O)OC(=C(C#N)C#N)C1=C(c1ccc(Cl)cc1)c1ccc(Cl)cc1. The Hall–Kier alpha value is -3.31. The molecule has 0 bridgehead atoms. The van der Waals surface area contributed by atoms with E-state index in [9.17, 15) is 15.3 Å². The maximum atomic E-state index is 12.6. The molecule has 142 valence electrons. The van der Waals surface area contributed by atoms with Crippen molar-refractivity contribution in [2.45, 2.75) is 13.8 Å². The van der Waals surface area contributed by atoms with Crippen LogP contribution in [0.3, 0.4) is 0 Å². The Kier molecular flexibility index (Phi) is 5.89. The van der Waals surface area contributed by atoms with E-state index in [0.717, 1.165) is 11.1 Å². The minimum atomic E-state index is -0.599. The maximum absolute atomic E-state index is 12.6. The van der Waals surface area contributed by atoms with E-state index in [1.807, 2.05) is 12.1 Å². The smallest absolute Gasteiger partial charge is 0.344 e. The molecule has 0 N–H and O–H groups in total. The summed E-state index contributed by atoms with van der Waals surface area (Å²) in [5, 5.41) is 19.9. The number of esters is 1. The zero-order valence-corrected chi connectivity index (χ0v) is 17.1. The van der Waals surface area contributed by atoms with Crippen LogP contribution in [0.4, 0.5) is 0 Å². The Morgan fingerprint density at radius 1 is 0.828 bits per heavy atom. The van der Waals surface area contributed by atoms with Gasteiger partial charge in [-0.25, -0.2) is 4.79 Å². The normalized spacial score (nSPS) is 12.9. The van der Waals surface area contributed by atoms with E-state index in [-0.39, 0.29) is 11.3 Å². The number of benzene rings is 2. The highest BCUT2D eigenvalue weighted by Gasteiger charge is 2.37. The summed E-state index contributed by atoms with van der Waals surface area (Å²) in [4.78, 5) is 12.6. The van der Waals surface area contributed by atoms with Gasteiger partial charge in [-0.1, -0.05) is 53.0 Å². The lowest BCUT2D eigenvalue weighted by atomic mass is 9.87. The summed E-state index contributed by atoms with van der Waals surface area (Å²) in [6.07, 6.45) is 0. The summed E-state index contributed by atoms with van der Waals surface area (Å²) in [5.41, 5.74) is 3.28. The van der Waals surface area contributed by atoms with E-state index in [2.05, 4.69) is 0 Å². The molecule has 0 saturated carbocycles. The zero-order chi connectivity index (χ0) is 21.1. The first-order valence-corrected chi connectivity index (χ1v) is 9.34. The third-order valence-corrected chi connectivity index (χ3v) is 4.85. The minimum absolute atomic E-state index is 0.0453. The van der Waals surface area contributed by atoms with Gasteiger partial charge in [0.25, 0.3) is 0 Å². The number of rotatable bonds is 2. The Bertz CT molecular complexity index is 1110. The van der Waals surface area contributed by atoms with Crippen molar-refractivity contribution in [2.75, 3.05) is 0 Å². The van der Waals surface area contributed by atoms with Gasteiger partial charge < -0.3 is 4.74 Å². The van der Waals surface area contributed by atoms with Crippen LogP contribution in [-0.2, 0) is 9.53 Å². The number of allylic oxidation sites excluding steroid dienone is 3. The number of nitrogens with zero attached hydrogens (tertiary/aromatic N) is 2. The fraction of sp³-hybridized carbons (Fsp3) is 0.0870. The van der Waals surface area contributed by atoms with E-state index in [4.69, 9.17) is 27.9 Å². The number of carbonyl (C=O) groups is 1. The van der Waals surface area contributed by atoms with Crippen LogP contribution >= 0.6 is 23.2 Å². The van der Waals surface area contributed by atoms with E-state index in [1.165, 1.54) is 0 Å². The van der Waals surface area contributed by atoms with Gasteiger partial charge in [0.15, 0.2) is 11.3 Å². The maximum Gasteiger partial charge on any atom is 0.344 e.